The fourth-order valence-electron chi connectivity index (χ4n) is 3.03. The molecule has 2 atom stereocenters. The lowest BCUT2D eigenvalue weighted by atomic mass is 9.94. The average Bonchev–Trinajstić information content (AvgIpc) is 2.98. The van der Waals surface area contributed by atoms with Crippen molar-refractivity contribution < 1.29 is 13.9 Å². The van der Waals surface area contributed by atoms with Crippen molar-refractivity contribution in [2.75, 3.05) is 25.1 Å². The summed E-state index contributed by atoms with van der Waals surface area (Å²) in [4.78, 5) is 21.6. The third-order valence-corrected chi connectivity index (χ3v) is 4.14. The van der Waals surface area contributed by atoms with Gasteiger partial charge >= 0.3 is 0 Å². The van der Waals surface area contributed by atoms with Crippen LogP contribution in [0.15, 0.2) is 36.7 Å². The van der Waals surface area contributed by atoms with Gasteiger partial charge in [-0.3, -0.25) is 4.79 Å². The molecular formula is C17H19FN4O2. The second-order valence-corrected chi connectivity index (χ2v) is 5.79. The van der Waals surface area contributed by atoms with E-state index in [0.29, 0.717) is 19.0 Å². The van der Waals surface area contributed by atoms with Crippen LogP contribution in [0.5, 0.6) is 5.75 Å². The van der Waals surface area contributed by atoms with Crippen LogP contribution in [-0.2, 0) is 4.79 Å². The van der Waals surface area contributed by atoms with E-state index in [9.17, 15) is 9.18 Å². The standard InChI is InChI=1S/C17H19FN4O2/c1-11(23)21-16-10-22(17-19-7-13(18)8-20-17)9-15(16)12-3-5-14(24-2)6-4-12/h3-8,15-16H,9-10H2,1-2H3,(H,21,23)/t15-,16+/m0/s1. The Balaban J connectivity index is 1.84. The third-order valence-electron chi connectivity index (χ3n) is 4.14. The van der Waals surface area contributed by atoms with Crippen LogP contribution in [-0.4, -0.2) is 42.1 Å². The molecule has 0 aliphatic carbocycles. The number of anilines is 1. The van der Waals surface area contributed by atoms with Gasteiger partial charge in [-0.25, -0.2) is 14.4 Å². The highest BCUT2D eigenvalue weighted by molar-refractivity contribution is 5.73. The van der Waals surface area contributed by atoms with E-state index in [1.54, 1.807) is 7.11 Å². The van der Waals surface area contributed by atoms with Crippen molar-refractivity contribution >= 4 is 11.9 Å². The van der Waals surface area contributed by atoms with Gasteiger partial charge in [-0.1, -0.05) is 12.1 Å². The highest BCUT2D eigenvalue weighted by Crippen LogP contribution is 2.30. The number of nitrogens with one attached hydrogen (secondary N) is 1. The highest BCUT2D eigenvalue weighted by Gasteiger charge is 2.35. The Kier molecular flexibility index (Phi) is 4.59. The number of benzene rings is 1. The van der Waals surface area contributed by atoms with Crippen LogP contribution in [0.4, 0.5) is 10.3 Å². The number of hydrogen-bond acceptors (Lipinski definition) is 5. The summed E-state index contributed by atoms with van der Waals surface area (Å²) in [5.74, 6) is 0.784. The number of ether oxygens (including phenoxy) is 1. The van der Waals surface area contributed by atoms with Crippen molar-refractivity contribution in [2.24, 2.45) is 0 Å². The van der Waals surface area contributed by atoms with E-state index in [0.717, 1.165) is 23.7 Å². The molecule has 0 radical (unpaired) electrons. The summed E-state index contributed by atoms with van der Waals surface area (Å²) in [7, 11) is 1.62. The molecule has 1 fully saturated rings. The minimum atomic E-state index is -0.469. The summed E-state index contributed by atoms with van der Waals surface area (Å²) in [5, 5.41) is 2.99. The minimum Gasteiger partial charge on any atom is -0.497 e. The number of halogens is 1. The van der Waals surface area contributed by atoms with Crippen LogP contribution in [0, 0.1) is 5.82 Å². The molecule has 0 bridgehead atoms. The number of amides is 1. The fraction of sp³-hybridized carbons (Fsp3) is 0.353. The summed E-state index contributed by atoms with van der Waals surface area (Å²) in [6.07, 6.45) is 2.30. The molecule has 6 nitrogen and oxygen atoms in total. The average molecular weight is 330 g/mol. The molecule has 0 saturated carbocycles. The number of carbonyl (C=O) groups is 1. The Labute approximate surface area is 139 Å². The number of hydrogen-bond donors (Lipinski definition) is 1. The van der Waals surface area contributed by atoms with E-state index in [1.807, 2.05) is 29.2 Å². The van der Waals surface area contributed by atoms with Crippen molar-refractivity contribution in [2.45, 2.75) is 18.9 Å². The van der Waals surface area contributed by atoms with Crippen molar-refractivity contribution in [3.8, 4) is 5.75 Å². The fourth-order valence-corrected chi connectivity index (χ4v) is 3.03. The zero-order valence-corrected chi connectivity index (χ0v) is 13.6. The van der Waals surface area contributed by atoms with Gasteiger partial charge in [-0.05, 0) is 17.7 Å². The molecule has 1 aliphatic rings. The second-order valence-electron chi connectivity index (χ2n) is 5.79. The lowest BCUT2D eigenvalue weighted by molar-refractivity contribution is -0.119. The van der Waals surface area contributed by atoms with Gasteiger partial charge in [0.1, 0.15) is 5.75 Å². The highest BCUT2D eigenvalue weighted by atomic mass is 19.1. The molecule has 126 valence electrons. The number of rotatable bonds is 4. The molecule has 1 aliphatic heterocycles. The van der Waals surface area contributed by atoms with Gasteiger partial charge in [-0.2, -0.15) is 0 Å². The molecule has 1 aromatic heterocycles. The summed E-state index contributed by atoms with van der Waals surface area (Å²) in [6.45, 7) is 2.72. The van der Waals surface area contributed by atoms with Crippen LogP contribution in [0.25, 0.3) is 0 Å². The maximum Gasteiger partial charge on any atom is 0.225 e. The smallest absolute Gasteiger partial charge is 0.225 e. The number of aromatic nitrogens is 2. The lowest BCUT2D eigenvalue weighted by Crippen LogP contribution is -2.38. The first kappa shape index (κ1) is 16.2. The Hall–Kier alpha value is -2.70. The Morgan fingerprint density at radius 2 is 1.92 bits per heavy atom. The largest absolute Gasteiger partial charge is 0.497 e. The van der Waals surface area contributed by atoms with Crippen molar-refractivity contribution in [1.82, 2.24) is 15.3 Å². The quantitative estimate of drug-likeness (QED) is 0.925. The van der Waals surface area contributed by atoms with E-state index in [2.05, 4.69) is 15.3 Å². The SMILES string of the molecule is COc1ccc([C@@H]2CN(c3ncc(F)cn3)C[C@H]2NC(C)=O)cc1. The number of carbonyl (C=O) groups excluding carboxylic acids is 1. The second kappa shape index (κ2) is 6.82. The molecule has 1 aromatic carbocycles. The summed E-state index contributed by atoms with van der Waals surface area (Å²) < 4.78 is 18.2. The predicted octanol–water partition coefficient (Wildman–Crippen LogP) is 1.73. The number of nitrogens with zero attached hydrogens (tertiary/aromatic N) is 3. The lowest BCUT2D eigenvalue weighted by Gasteiger charge is -2.19. The van der Waals surface area contributed by atoms with E-state index in [1.165, 1.54) is 6.92 Å². The zero-order chi connectivity index (χ0) is 17.1. The topological polar surface area (TPSA) is 67.3 Å². The summed E-state index contributed by atoms with van der Waals surface area (Å²) >= 11 is 0. The molecule has 1 saturated heterocycles. The molecule has 1 amide bonds. The van der Waals surface area contributed by atoms with Gasteiger partial charge in [0.15, 0.2) is 5.82 Å². The summed E-state index contributed by atoms with van der Waals surface area (Å²) in [5.41, 5.74) is 1.10. The molecule has 2 heterocycles. The first-order valence-corrected chi connectivity index (χ1v) is 7.70. The van der Waals surface area contributed by atoms with E-state index in [4.69, 9.17) is 4.74 Å². The zero-order valence-electron chi connectivity index (χ0n) is 13.6. The molecule has 0 unspecified atom stereocenters. The molecular weight excluding hydrogens is 311 g/mol. The third kappa shape index (κ3) is 3.45. The molecule has 24 heavy (non-hydrogen) atoms. The Morgan fingerprint density at radius 3 is 2.50 bits per heavy atom. The van der Waals surface area contributed by atoms with Crippen LogP contribution >= 0.6 is 0 Å². The monoisotopic (exact) mass is 330 g/mol. The van der Waals surface area contributed by atoms with Crippen LogP contribution in [0.2, 0.25) is 0 Å². The summed E-state index contributed by atoms with van der Waals surface area (Å²) in [6, 6.07) is 7.72. The Bertz CT molecular complexity index is 706. The van der Waals surface area contributed by atoms with Crippen molar-refractivity contribution in [3.05, 3.63) is 48.0 Å². The van der Waals surface area contributed by atoms with Crippen molar-refractivity contribution in [3.63, 3.8) is 0 Å². The maximum atomic E-state index is 13.0. The van der Waals surface area contributed by atoms with Crippen LogP contribution in [0.1, 0.15) is 18.4 Å². The van der Waals surface area contributed by atoms with Gasteiger partial charge in [0, 0.05) is 25.9 Å². The molecule has 3 rings (SSSR count). The van der Waals surface area contributed by atoms with Gasteiger partial charge in [0.25, 0.3) is 0 Å². The van der Waals surface area contributed by atoms with Gasteiger partial charge in [-0.15, -0.1) is 0 Å². The van der Waals surface area contributed by atoms with Crippen LogP contribution < -0.4 is 15.0 Å². The van der Waals surface area contributed by atoms with E-state index >= 15 is 0 Å². The van der Waals surface area contributed by atoms with Crippen LogP contribution in [0.3, 0.4) is 0 Å². The van der Waals surface area contributed by atoms with E-state index in [-0.39, 0.29) is 17.9 Å². The predicted molar refractivity (Wildman–Crippen MR) is 87.5 cm³/mol. The van der Waals surface area contributed by atoms with E-state index < -0.39 is 5.82 Å². The molecule has 7 heteroatoms. The van der Waals surface area contributed by atoms with Gasteiger partial charge in [0.2, 0.25) is 11.9 Å². The van der Waals surface area contributed by atoms with Gasteiger partial charge in [0.05, 0.1) is 25.5 Å². The molecule has 1 N–H and O–H groups in total. The van der Waals surface area contributed by atoms with Crippen molar-refractivity contribution in [1.29, 1.82) is 0 Å². The maximum absolute atomic E-state index is 13.0. The first-order valence-electron chi connectivity index (χ1n) is 7.70. The number of methoxy groups -OCH3 is 1. The first-order chi connectivity index (χ1) is 11.6. The Morgan fingerprint density at radius 1 is 1.25 bits per heavy atom. The molecule has 2 aromatic rings. The van der Waals surface area contributed by atoms with Gasteiger partial charge < -0.3 is 15.0 Å². The molecule has 0 spiro atoms. The normalized spacial score (nSPS) is 20.0. The minimum absolute atomic E-state index is 0.0652.